The molecule has 2 fully saturated rings. The average Bonchev–Trinajstić information content (AvgIpc) is 3.21. The van der Waals surface area contributed by atoms with Crippen molar-refractivity contribution >= 4 is 35.8 Å². The van der Waals surface area contributed by atoms with Crippen LogP contribution >= 0.6 is 24.0 Å². The average molecular weight is 543 g/mol. The molecule has 2 N–H and O–H groups in total. The van der Waals surface area contributed by atoms with Gasteiger partial charge >= 0.3 is 0 Å². The topological polar surface area (TPSA) is 66.0 Å². The predicted molar refractivity (Wildman–Crippen MR) is 137 cm³/mol. The number of aliphatic imine (C=N–C) groups is 1. The number of rotatable bonds is 6. The van der Waals surface area contributed by atoms with Crippen LogP contribution in [-0.2, 0) is 9.53 Å². The normalized spacial score (nSPS) is 24.1. The SMILES string of the molecule is CCNC(=NCC1CCCOC1c1ccc(C)cc1)NC1CCN(C(=O)C(C)C)C1.I. The van der Waals surface area contributed by atoms with Crippen molar-refractivity contribution in [3.63, 3.8) is 0 Å². The van der Waals surface area contributed by atoms with Crippen molar-refractivity contribution in [2.75, 3.05) is 32.8 Å². The Morgan fingerprint density at radius 2 is 2.00 bits per heavy atom. The van der Waals surface area contributed by atoms with Crippen LogP contribution in [0, 0.1) is 18.8 Å². The van der Waals surface area contributed by atoms with Crippen LogP contribution in [0.4, 0.5) is 0 Å². The summed E-state index contributed by atoms with van der Waals surface area (Å²) >= 11 is 0. The molecule has 3 atom stereocenters. The number of likely N-dealkylation sites (tertiary alicyclic amines) is 1. The van der Waals surface area contributed by atoms with Crippen LogP contribution in [0.1, 0.15) is 57.3 Å². The van der Waals surface area contributed by atoms with Crippen LogP contribution in [0.2, 0.25) is 0 Å². The Hall–Kier alpha value is -1.35. The summed E-state index contributed by atoms with van der Waals surface area (Å²) in [4.78, 5) is 19.1. The number of hydrogen-bond acceptors (Lipinski definition) is 3. The number of halogens is 1. The number of amides is 1. The maximum atomic E-state index is 12.3. The Bertz CT molecular complexity index is 723. The summed E-state index contributed by atoms with van der Waals surface area (Å²) in [7, 11) is 0. The molecule has 7 heteroatoms. The molecule has 0 aromatic heterocycles. The fourth-order valence-corrected chi connectivity index (χ4v) is 4.32. The Labute approximate surface area is 204 Å². The summed E-state index contributed by atoms with van der Waals surface area (Å²) in [5.41, 5.74) is 2.52. The molecule has 2 saturated heterocycles. The van der Waals surface area contributed by atoms with Crippen LogP contribution in [-0.4, -0.2) is 55.6 Å². The van der Waals surface area contributed by atoms with Gasteiger partial charge in [0.15, 0.2) is 5.96 Å². The Balaban J connectivity index is 0.00000341. The molecule has 2 aliphatic rings. The lowest BCUT2D eigenvalue weighted by Gasteiger charge is -2.31. The lowest BCUT2D eigenvalue weighted by atomic mass is 9.89. The zero-order valence-corrected chi connectivity index (χ0v) is 21.7. The van der Waals surface area contributed by atoms with Gasteiger partial charge in [0.2, 0.25) is 5.91 Å². The third-order valence-electron chi connectivity index (χ3n) is 6.01. The number of guanidine groups is 1. The second-order valence-corrected chi connectivity index (χ2v) is 8.89. The molecular weight excluding hydrogens is 503 g/mol. The molecule has 1 aromatic carbocycles. The van der Waals surface area contributed by atoms with Crippen LogP contribution in [0.3, 0.4) is 0 Å². The summed E-state index contributed by atoms with van der Waals surface area (Å²) in [6.45, 7) is 12.1. The minimum atomic E-state index is 0. The zero-order chi connectivity index (χ0) is 21.5. The quantitative estimate of drug-likeness (QED) is 0.325. The van der Waals surface area contributed by atoms with E-state index in [0.29, 0.717) is 5.92 Å². The van der Waals surface area contributed by atoms with Crippen LogP contribution < -0.4 is 10.6 Å². The van der Waals surface area contributed by atoms with Crippen molar-refractivity contribution in [3.8, 4) is 0 Å². The smallest absolute Gasteiger partial charge is 0.225 e. The largest absolute Gasteiger partial charge is 0.373 e. The lowest BCUT2D eigenvalue weighted by Crippen LogP contribution is -2.45. The van der Waals surface area contributed by atoms with Crippen LogP contribution in [0.5, 0.6) is 0 Å². The molecule has 1 amide bonds. The van der Waals surface area contributed by atoms with Gasteiger partial charge < -0.3 is 20.3 Å². The molecule has 31 heavy (non-hydrogen) atoms. The van der Waals surface area contributed by atoms with E-state index in [0.717, 1.165) is 58.0 Å². The van der Waals surface area contributed by atoms with Crippen molar-refractivity contribution in [2.45, 2.75) is 59.1 Å². The number of ether oxygens (including phenoxy) is 1. The first-order valence-corrected chi connectivity index (χ1v) is 11.5. The van der Waals surface area contributed by atoms with Crippen LogP contribution in [0.15, 0.2) is 29.3 Å². The van der Waals surface area contributed by atoms with E-state index in [1.807, 2.05) is 18.7 Å². The zero-order valence-electron chi connectivity index (χ0n) is 19.4. The highest BCUT2D eigenvalue weighted by Gasteiger charge is 2.29. The Kier molecular flexibility index (Phi) is 10.6. The second kappa shape index (κ2) is 12.6. The van der Waals surface area contributed by atoms with Crippen molar-refractivity contribution in [1.29, 1.82) is 0 Å². The number of hydrogen-bond donors (Lipinski definition) is 2. The van der Waals surface area contributed by atoms with Gasteiger partial charge in [-0.15, -0.1) is 24.0 Å². The predicted octanol–water partition coefficient (Wildman–Crippen LogP) is 3.89. The molecule has 2 aliphatic heterocycles. The second-order valence-electron chi connectivity index (χ2n) is 8.89. The van der Waals surface area contributed by atoms with Crippen molar-refractivity contribution in [3.05, 3.63) is 35.4 Å². The maximum absolute atomic E-state index is 12.3. The fourth-order valence-electron chi connectivity index (χ4n) is 4.32. The van der Waals surface area contributed by atoms with Crippen molar-refractivity contribution in [1.82, 2.24) is 15.5 Å². The molecule has 3 unspecified atom stereocenters. The lowest BCUT2D eigenvalue weighted by molar-refractivity contribution is -0.133. The molecule has 0 spiro atoms. The van der Waals surface area contributed by atoms with E-state index in [9.17, 15) is 4.79 Å². The van der Waals surface area contributed by atoms with Gasteiger partial charge in [-0.1, -0.05) is 43.7 Å². The number of aryl methyl sites for hydroxylation is 1. The molecule has 0 bridgehead atoms. The van der Waals surface area contributed by atoms with E-state index in [1.165, 1.54) is 11.1 Å². The standard InChI is InChI=1S/C24H38N4O2.HI/c1-5-25-24(27-21-12-13-28(16-21)23(29)17(2)3)26-15-20-7-6-14-30-22(20)19-10-8-18(4)9-11-19;/h8-11,17,20-22H,5-7,12-16H2,1-4H3,(H2,25,26,27);1H. The fraction of sp³-hybridized carbons (Fsp3) is 0.667. The summed E-state index contributed by atoms with van der Waals surface area (Å²) in [6, 6.07) is 8.93. The summed E-state index contributed by atoms with van der Waals surface area (Å²) in [6.07, 6.45) is 3.28. The van der Waals surface area contributed by atoms with E-state index in [4.69, 9.17) is 9.73 Å². The van der Waals surface area contributed by atoms with Crippen molar-refractivity contribution < 1.29 is 9.53 Å². The molecule has 3 rings (SSSR count). The van der Waals surface area contributed by atoms with Crippen molar-refractivity contribution in [2.24, 2.45) is 16.8 Å². The number of nitrogens with one attached hydrogen (secondary N) is 2. The van der Waals surface area contributed by atoms with Gasteiger partial charge in [0.05, 0.1) is 6.10 Å². The van der Waals surface area contributed by atoms with Gasteiger partial charge in [-0.2, -0.15) is 0 Å². The molecule has 0 saturated carbocycles. The van der Waals surface area contributed by atoms with E-state index in [1.54, 1.807) is 0 Å². The third-order valence-corrected chi connectivity index (χ3v) is 6.01. The van der Waals surface area contributed by atoms with E-state index >= 15 is 0 Å². The number of nitrogens with zero attached hydrogens (tertiary/aromatic N) is 2. The number of carbonyl (C=O) groups is 1. The molecule has 174 valence electrons. The minimum Gasteiger partial charge on any atom is -0.373 e. The summed E-state index contributed by atoms with van der Waals surface area (Å²) in [5.74, 6) is 1.51. The molecular formula is C24H39IN4O2. The number of benzene rings is 1. The monoisotopic (exact) mass is 542 g/mol. The Morgan fingerprint density at radius 3 is 2.68 bits per heavy atom. The van der Waals surface area contributed by atoms with Gasteiger partial charge in [0.25, 0.3) is 0 Å². The van der Waals surface area contributed by atoms with E-state index in [2.05, 4.69) is 48.7 Å². The van der Waals surface area contributed by atoms with E-state index in [-0.39, 0.29) is 47.9 Å². The summed E-state index contributed by atoms with van der Waals surface area (Å²) < 4.78 is 6.15. The highest BCUT2D eigenvalue weighted by molar-refractivity contribution is 14.0. The van der Waals surface area contributed by atoms with Gasteiger partial charge in [-0.05, 0) is 38.7 Å². The minimum absolute atomic E-state index is 0. The molecule has 0 radical (unpaired) electrons. The molecule has 2 heterocycles. The third kappa shape index (κ3) is 7.34. The van der Waals surface area contributed by atoms with E-state index < -0.39 is 0 Å². The maximum Gasteiger partial charge on any atom is 0.225 e. The highest BCUT2D eigenvalue weighted by atomic mass is 127. The highest BCUT2D eigenvalue weighted by Crippen LogP contribution is 2.34. The van der Waals surface area contributed by atoms with Crippen LogP contribution in [0.25, 0.3) is 0 Å². The van der Waals surface area contributed by atoms with Gasteiger partial charge in [0, 0.05) is 50.7 Å². The van der Waals surface area contributed by atoms with Gasteiger partial charge in [0.1, 0.15) is 0 Å². The van der Waals surface area contributed by atoms with Gasteiger partial charge in [-0.25, -0.2) is 0 Å². The molecule has 1 aromatic rings. The van der Waals surface area contributed by atoms with Gasteiger partial charge in [-0.3, -0.25) is 9.79 Å². The first kappa shape index (κ1) is 25.9. The first-order chi connectivity index (χ1) is 14.5. The summed E-state index contributed by atoms with van der Waals surface area (Å²) in [5, 5.41) is 6.92. The first-order valence-electron chi connectivity index (χ1n) is 11.5. The Morgan fingerprint density at radius 1 is 1.26 bits per heavy atom. The molecule has 6 nitrogen and oxygen atoms in total. The molecule has 0 aliphatic carbocycles. The number of carbonyl (C=O) groups excluding carboxylic acids is 1.